The van der Waals surface area contributed by atoms with Crippen molar-refractivity contribution in [2.24, 2.45) is 0 Å². The summed E-state index contributed by atoms with van der Waals surface area (Å²) in [6, 6.07) is 21.7. The van der Waals surface area contributed by atoms with Gasteiger partial charge in [-0.3, -0.25) is 4.79 Å². The minimum Gasteiger partial charge on any atom is -0.455 e. The van der Waals surface area contributed by atoms with Crippen molar-refractivity contribution >= 4 is 29.2 Å². The molecule has 6 heteroatoms. The minimum atomic E-state index is -0.486. The van der Waals surface area contributed by atoms with Gasteiger partial charge in [0.15, 0.2) is 5.43 Å². The third-order valence-electron chi connectivity index (χ3n) is 7.73. The summed E-state index contributed by atoms with van der Waals surface area (Å²) in [4.78, 5) is 13.4. The highest BCUT2D eigenvalue weighted by atomic mass is 16.7. The Morgan fingerprint density at radius 2 is 1.49 bits per heavy atom. The highest BCUT2D eigenvalue weighted by molar-refractivity contribution is 6.64. The molecule has 3 aromatic carbocycles. The molecule has 190 valence electrons. The molecule has 0 saturated carbocycles. The van der Waals surface area contributed by atoms with Crippen molar-refractivity contribution in [2.45, 2.75) is 65.7 Å². The van der Waals surface area contributed by atoms with E-state index in [2.05, 4.69) is 46.0 Å². The van der Waals surface area contributed by atoms with Gasteiger partial charge in [0, 0.05) is 27.8 Å². The van der Waals surface area contributed by atoms with Gasteiger partial charge < -0.3 is 19.0 Å². The Morgan fingerprint density at radius 1 is 0.865 bits per heavy atom. The van der Waals surface area contributed by atoms with E-state index in [0.29, 0.717) is 22.3 Å². The van der Waals surface area contributed by atoms with E-state index in [1.165, 1.54) is 0 Å². The van der Waals surface area contributed by atoms with Gasteiger partial charge in [-0.2, -0.15) is 0 Å². The van der Waals surface area contributed by atoms with Crippen molar-refractivity contribution in [3.05, 3.63) is 93.6 Å². The van der Waals surface area contributed by atoms with Crippen LogP contribution in [0.4, 0.5) is 5.69 Å². The van der Waals surface area contributed by atoms with Crippen molar-refractivity contribution < 1.29 is 13.7 Å². The van der Waals surface area contributed by atoms with Crippen LogP contribution < -0.4 is 16.2 Å². The zero-order chi connectivity index (χ0) is 26.5. The molecule has 5 rings (SSSR count). The van der Waals surface area contributed by atoms with Crippen LogP contribution in [-0.2, 0) is 9.31 Å². The van der Waals surface area contributed by atoms with E-state index in [1.54, 1.807) is 0 Å². The third kappa shape index (κ3) is 4.49. The second-order valence-electron chi connectivity index (χ2n) is 11.0. The van der Waals surface area contributed by atoms with Crippen molar-refractivity contribution in [3.8, 4) is 11.3 Å². The first kappa shape index (κ1) is 25.3. The topological polar surface area (TPSA) is 60.7 Å². The number of benzene rings is 3. The first-order valence-electron chi connectivity index (χ1n) is 12.8. The Labute approximate surface area is 219 Å². The van der Waals surface area contributed by atoms with Crippen LogP contribution in [0.25, 0.3) is 22.3 Å². The Kier molecular flexibility index (Phi) is 6.29. The Morgan fingerprint density at radius 3 is 2.16 bits per heavy atom. The van der Waals surface area contributed by atoms with Gasteiger partial charge in [0.1, 0.15) is 11.3 Å². The molecule has 0 unspecified atom stereocenters. The summed E-state index contributed by atoms with van der Waals surface area (Å²) in [6.45, 7) is 14.1. The summed E-state index contributed by atoms with van der Waals surface area (Å²) in [5.74, 6) is 0.605. The van der Waals surface area contributed by atoms with Crippen LogP contribution in [0.5, 0.6) is 0 Å². The lowest BCUT2D eigenvalue weighted by Gasteiger charge is -2.32. The van der Waals surface area contributed by atoms with Crippen molar-refractivity contribution in [1.82, 2.24) is 0 Å². The van der Waals surface area contributed by atoms with E-state index in [0.717, 1.165) is 27.8 Å². The zero-order valence-corrected chi connectivity index (χ0v) is 22.6. The van der Waals surface area contributed by atoms with Gasteiger partial charge in [-0.15, -0.1) is 0 Å². The molecule has 0 bridgehead atoms. The molecule has 1 N–H and O–H groups in total. The van der Waals surface area contributed by atoms with E-state index >= 15 is 0 Å². The molecule has 1 fully saturated rings. The molecule has 4 aromatic rings. The molecule has 1 atom stereocenters. The number of rotatable bonds is 5. The molecule has 37 heavy (non-hydrogen) atoms. The molecule has 5 nitrogen and oxygen atoms in total. The predicted molar refractivity (Wildman–Crippen MR) is 152 cm³/mol. The van der Waals surface area contributed by atoms with Crippen molar-refractivity contribution in [2.75, 3.05) is 5.32 Å². The number of fused-ring (bicyclic) bond motifs is 1. The van der Waals surface area contributed by atoms with Gasteiger partial charge in [0.25, 0.3) is 0 Å². The largest absolute Gasteiger partial charge is 0.496 e. The summed E-state index contributed by atoms with van der Waals surface area (Å²) in [5.41, 5.74) is 5.02. The van der Waals surface area contributed by atoms with E-state index in [-0.39, 0.29) is 11.5 Å². The van der Waals surface area contributed by atoms with Gasteiger partial charge >= 0.3 is 7.12 Å². The van der Waals surface area contributed by atoms with E-state index in [1.807, 2.05) is 74.5 Å². The van der Waals surface area contributed by atoms with Gasteiger partial charge in [0.2, 0.25) is 0 Å². The smallest absolute Gasteiger partial charge is 0.455 e. The van der Waals surface area contributed by atoms with E-state index in [4.69, 9.17) is 13.7 Å². The maximum Gasteiger partial charge on any atom is 0.496 e. The fraction of sp³-hybridized carbons (Fsp3) is 0.323. The number of aryl methyl sites for hydroxylation is 1. The lowest BCUT2D eigenvalue weighted by Crippen LogP contribution is -2.41. The number of anilines is 1. The van der Waals surface area contributed by atoms with E-state index in [9.17, 15) is 4.79 Å². The average molecular weight is 495 g/mol. The quantitative estimate of drug-likeness (QED) is 0.318. The van der Waals surface area contributed by atoms with E-state index < -0.39 is 18.3 Å². The van der Waals surface area contributed by atoms with Crippen molar-refractivity contribution in [3.63, 3.8) is 0 Å². The number of para-hydroxylation sites is 1. The van der Waals surface area contributed by atoms with Crippen molar-refractivity contribution in [1.29, 1.82) is 0 Å². The second-order valence-corrected chi connectivity index (χ2v) is 11.0. The van der Waals surface area contributed by atoms with Gasteiger partial charge in [0.05, 0.1) is 22.6 Å². The van der Waals surface area contributed by atoms with Crippen LogP contribution in [0.3, 0.4) is 0 Å². The van der Waals surface area contributed by atoms with Crippen LogP contribution >= 0.6 is 0 Å². The fourth-order valence-corrected chi connectivity index (χ4v) is 4.87. The standard InChI is InChI=1S/C31H34BNO4/c1-19-17-23(29-24(18-19)27(34)20(2)28(35-29)22-13-9-8-10-14-22)21(3)33-26-16-12-11-15-25(26)32-36-30(4,5)31(6,7)37-32/h8-18,21,33H,1-7H3/t21-/m1/s1. The monoisotopic (exact) mass is 495 g/mol. The van der Waals surface area contributed by atoms with Crippen LogP contribution in [0.2, 0.25) is 0 Å². The first-order chi connectivity index (χ1) is 17.5. The van der Waals surface area contributed by atoms with Crippen LogP contribution in [-0.4, -0.2) is 18.3 Å². The maximum atomic E-state index is 13.4. The Bertz CT molecular complexity index is 1510. The minimum absolute atomic E-state index is 0.00475. The lowest BCUT2D eigenvalue weighted by atomic mass is 9.77. The summed E-state index contributed by atoms with van der Waals surface area (Å²) < 4.78 is 19.2. The molecule has 1 aliphatic rings. The summed E-state index contributed by atoms with van der Waals surface area (Å²) in [6.07, 6.45) is 0. The average Bonchev–Trinajstić information content (AvgIpc) is 3.08. The lowest BCUT2D eigenvalue weighted by molar-refractivity contribution is 0.00578. The molecule has 0 amide bonds. The fourth-order valence-electron chi connectivity index (χ4n) is 4.87. The summed E-state index contributed by atoms with van der Waals surface area (Å²) >= 11 is 0. The SMILES string of the molecule is Cc1cc([C@@H](C)Nc2ccccc2B2OC(C)(C)C(C)(C)O2)c2oc(-c3ccccc3)c(C)c(=O)c2c1. The summed E-state index contributed by atoms with van der Waals surface area (Å²) in [5, 5.41) is 4.25. The Hall–Kier alpha value is -3.35. The van der Waals surface area contributed by atoms with Crippen LogP contribution in [0.1, 0.15) is 57.4 Å². The molecular formula is C31H34BNO4. The molecule has 1 saturated heterocycles. The normalized spacial score (nSPS) is 17.2. The third-order valence-corrected chi connectivity index (χ3v) is 7.73. The molecule has 0 aliphatic carbocycles. The molecule has 2 heterocycles. The molecule has 0 radical (unpaired) electrons. The summed E-state index contributed by atoms with van der Waals surface area (Å²) in [7, 11) is -0.486. The Balaban J connectivity index is 1.57. The first-order valence-corrected chi connectivity index (χ1v) is 12.8. The number of hydrogen-bond donors (Lipinski definition) is 1. The highest BCUT2D eigenvalue weighted by Crippen LogP contribution is 2.37. The zero-order valence-electron chi connectivity index (χ0n) is 22.6. The molecule has 1 aliphatic heterocycles. The van der Waals surface area contributed by atoms with Gasteiger partial charge in [-0.25, -0.2) is 0 Å². The number of nitrogens with one attached hydrogen (secondary N) is 1. The predicted octanol–water partition coefficient (Wildman–Crippen LogP) is 6.55. The van der Waals surface area contributed by atoms with Crippen LogP contribution in [0.15, 0.2) is 75.9 Å². The van der Waals surface area contributed by atoms with Gasteiger partial charge in [-0.05, 0) is 66.2 Å². The number of hydrogen-bond acceptors (Lipinski definition) is 5. The van der Waals surface area contributed by atoms with Crippen LogP contribution in [0, 0.1) is 13.8 Å². The highest BCUT2D eigenvalue weighted by Gasteiger charge is 2.52. The van der Waals surface area contributed by atoms with Gasteiger partial charge in [-0.1, -0.05) is 54.6 Å². The second kappa shape index (κ2) is 9.19. The molecular weight excluding hydrogens is 461 g/mol. The molecule has 1 aromatic heterocycles. The molecule has 0 spiro atoms. The maximum absolute atomic E-state index is 13.4.